The summed E-state index contributed by atoms with van der Waals surface area (Å²) in [6, 6.07) is 8.38. The van der Waals surface area contributed by atoms with Crippen LogP contribution in [-0.4, -0.2) is 56.8 Å². The topological polar surface area (TPSA) is 155 Å². The number of phenolic OH excluding ortho intramolecular Hbond substituents is 2. The zero-order valence-corrected chi connectivity index (χ0v) is 18.6. The first-order chi connectivity index (χ1) is 14.3. The number of nitrogens with two attached hydrogens (primary N) is 1. The number of H-pyrrole nitrogens is 1. The van der Waals surface area contributed by atoms with Crippen LogP contribution >= 0.6 is 11.6 Å². The molecule has 0 atom stereocenters. The minimum Gasteiger partial charge on any atom is -0.507 e. The molecule has 0 aliphatic heterocycles. The van der Waals surface area contributed by atoms with Crippen molar-refractivity contribution in [2.24, 2.45) is 5.73 Å². The fourth-order valence-electron chi connectivity index (χ4n) is 3.10. The highest BCUT2D eigenvalue weighted by Crippen LogP contribution is 2.38. The van der Waals surface area contributed by atoms with Crippen molar-refractivity contribution in [1.82, 2.24) is 19.1 Å². The summed E-state index contributed by atoms with van der Waals surface area (Å²) in [7, 11) is -2.86. The first kappa shape index (κ1) is 22.8. The van der Waals surface area contributed by atoms with Gasteiger partial charge in [0, 0.05) is 25.2 Å². The van der Waals surface area contributed by atoms with Gasteiger partial charge in [0.15, 0.2) is 5.82 Å². The highest BCUT2D eigenvalue weighted by molar-refractivity contribution is 7.89. The first-order valence-electron chi connectivity index (χ1n) is 9.07. The Kier molecular flexibility index (Phi) is 5.89. The maximum absolute atomic E-state index is 13.1. The van der Waals surface area contributed by atoms with Gasteiger partial charge in [0.25, 0.3) is 0 Å². The van der Waals surface area contributed by atoms with Crippen LogP contribution in [0.25, 0.3) is 17.1 Å². The molecule has 0 saturated heterocycles. The maximum Gasteiger partial charge on any atom is 0.348 e. The number of benzene rings is 2. The molecule has 2 aromatic carbocycles. The van der Waals surface area contributed by atoms with E-state index in [-0.39, 0.29) is 28.6 Å². The van der Waals surface area contributed by atoms with Gasteiger partial charge in [0.05, 0.1) is 16.3 Å². The number of sulfonamides is 1. The average Bonchev–Trinajstić information content (AvgIpc) is 3.01. The minimum atomic E-state index is -4.19. The highest BCUT2D eigenvalue weighted by atomic mass is 35.5. The smallest absolute Gasteiger partial charge is 0.348 e. The molecule has 0 unspecified atom stereocenters. The molecule has 0 aliphatic carbocycles. The molecule has 12 heteroatoms. The summed E-state index contributed by atoms with van der Waals surface area (Å²) in [4.78, 5) is 11.9. The Morgan fingerprint density at radius 1 is 1.23 bits per heavy atom. The van der Waals surface area contributed by atoms with Gasteiger partial charge < -0.3 is 15.9 Å². The van der Waals surface area contributed by atoms with Crippen LogP contribution in [0.4, 0.5) is 0 Å². The highest BCUT2D eigenvalue weighted by Gasteiger charge is 2.30. The van der Waals surface area contributed by atoms with Gasteiger partial charge in [-0.2, -0.15) is 9.40 Å². The Bertz CT molecular complexity index is 1290. The van der Waals surface area contributed by atoms with E-state index in [0.29, 0.717) is 0 Å². The van der Waals surface area contributed by atoms with Crippen molar-refractivity contribution in [3.8, 4) is 28.6 Å². The standard InChI is InChI=1S/C19H22ClN5O5S/c1-19(2,21)10-24(3)31(29,30)16-8-11(14(26)9-15(16)27)17-22-23-18(28)25(17)13-7-5-4-6-12(13)20/h4-9,26-27H,10,21H2,1-3H3,(H,23,28). The van der Waals surface area contributed by atoms with Crippen molar-refractivity contribution in [2.75, 3.05) is 13.6 Å². The largest absolute Gasteiger partial charge is 0.507 e. The predicted molar refractivity (Wildman–Crippen MR) is 116 cm³/mol. The van der Waals surface area contributed by atoms with Gasteiger partial charge in [-0.3, -0.25) is 0 Å². The van der Waals surface area contributed by atoms with Crippen LogP contribution in [0, 0.1) is 0 Å². The number of rotatable bonds is 6. The van der Waals surface area contributed by atoms with Crippen molar-refractivity contribution in [1.29, 1.82) is 0 Å². The van der Waals surface area contributed by atoms with Crippen LogP contribution in [0.5, 0.6) is 11.5 Å². The summed E-state index contributed by atoms with van der Waals surface area (Å²) in [6.07, 6.45) is 0. The molecular formula is C19H22ClN5O5S. The normalized spacial score (nSPS) is 12.5. The van der Waals surface area contributed by atoms with Crippen molar-refractivity contribution >= 4 is 21.6 Å². The lowest BCUT2D eigenvalue weighted by Gasteiger charge is -2.26. The fraction of sp³-hybridized carbons (Fsp3) is 0.263. The van der Waals surface area contributed by atoms with E-state index in [1.165, 1.54) is 7.05 Å². The van der Waals surface area contributed by atoms with E-state index >= 15 is 0 Å². The number of aromatic nitrogens is 3. The van der Waals surface area contributed by atoms with Crippen molar-refractivity contribution < 1.29 is 18.6 Å². The second-order valence-electron chi connectivity index (χ2n) is 7.73. The predicted octanol–water partition coefficient (Wildman–Crippen LogP) is 1.65. The number of para-hydroxylation sites is 1. The minimum absolute atomic E-state index is 0.0300. The number of nitrogens with one attached hydrogen (secondary N) is 1. The van der Waals surface area contributed by atoms with Crippen molar-refractivity contribution in [2.45, 2.75) is 24.3 Å². The van der Waals surface area contributed by atoms with E-state index in [4.69, 9.17) is 17.3 Å². The zero-order valence-electron chi connectivity index (χ0n) is 17.0. The summed E-state index contributed by atoms with van der Waals surface area (Å²) in [5.74, 6) is -1.23. The number of aromatic amines is 1. The van der Waals surface area contributed by atoms with Crippen LogP contribution in [0.1, 0.15) is 13.8 Å². The maximum atomic E-state index is 13.1. The molecule has 10 nitrogen and oxygen atoms in total. The van der Waals surface area contributed by atoms with E-state index in [2.05, 4.69) is 10.2 Å². The number of halogens is 1. The van der Waals surface area contributed by atoms with Crippen LogP contribution in [0.3, 0.4) is 0 Å². The number of phenols is 2. The van der Waals surface area contributed by atoms with Gasteiger partial charge in [-0.25, -0.2) is 22.9 Å². The summed E-state index contributed by atoms with van der Waals surface area (Å²) < 4.78 is 28.2. The molecule has 0 fully saturated rings. The van der Waals surface area contributed by atoms with Crippen LogP contribution < -0.4 is 11.4 Å². The van der Waals surface area contributed by atoms with Crippen molar-refractivity contribution in [3.05, 3.63) is 51.9 Å². The molecular weight excluding hydrogens is 446 g/mol. The lowest BCUT2D eigenvalue weighted by Crippen LogP contribution is -2.45. The molecule has 31 heavy (non-hydrogen) atoms. The molecule has 0 saturated carbocycles. The molecule has 166 valence electrons. The van der Waals surface area contributed by atoms with E-state index < -0.39 is 37.6 Å². The monoisotopic (exact) mass is 467 g/mol. The number of nitrogens with zero attached hydrogens (tertiary/aromatic N) is 3. The molecule has 3 rings (SSSR count). The SMILES string of the molecule is CN(CC(C)(C)N)S(=O)(=O)c1cc(-c2n[nH]c(=O)n2-c2ccccc2Cl)c(O)cc1O. The number of hydrogen-bond donors (Lipinski definition) is 4. The number of hydrogen-bond acceptors (Lipinski definition) is 7. The molecule has 5 N–H and O–H groups in total. The Morgan fingerprint density at radius 3 is 2.48 bits per heavy atom. The van der Waals surface area contributed by atoms with E-state index in [9.17, 15) is 23.4 Å². The van der Waals surface area contributed by atoms with Crippen LogP contribution in [0.2, 0.25) is 5.02 Å². The van der Waals surface area contributed by atoms with Gasteiger partial charge in [0.1, 0.15) is 16.4 Å². The van der Waals surface area contributed by atoms with E-state index in [1.54, 1.807) is 38.1 Å². The summed E-state index contributed by atoms with van der Waals surface area (Å²) >= 11 is 6.20. The molecule has 0 bridgehead atoms. The number of aromatic hydroxyl groups is 2. The van der Waals surface area contributed by atoms with E-state index in [0.717, 1.165) is 21.0 Å². The molecule has 3 aromatic rings. The van der Waals surface area contributed by atoms with Gasteiger partial charge in [-0.15, -0.1) is 0 Å². The Morgan fingerprint density at radius 2 is 1.87 bits per heavy atom. The lowest BCUT2D eigenvalue weighted by atomic mass is 10.1. The third kappa shape index (κ3) is 4.44. The Labute approximate surface area is 183 Å². The molecule has 0 aliphatic rings. The second-order valence-corrected chi connectivity index (χ2v) is 10.1. The van der Waals surface area contributed by atoms with Gasteiger partial charge in [0.2, 0.25) is 10.0 Å². The fourth-order valence-corrected chi connectivity index (χ4v) is 4.75. The second kappa shape index (κ2) is 8.00. The van der Waals surface area contributed by atoms with Gasteiger partial charge in [-0.05, 0) is 32.0 Å². The average molecular weight is 468 g/mol. The van der Waals surface area contributed by atoms with Crippen molar-refractivity contribution in [3.63, 3.8) is 0 Å². The third-order valence-corrected chi connectivity index (χ3v) is 6.55. The summed E-state index contributed by atoms with van der Waals surface area (Å²) in [6.45, 7) is 3.29. The Balaban J connectivity index is 2.21. The van der Waals surface area contributed by atoms with Gasteiger partial charge >= 0.3 is 5.69 Å². The van der Waals surface area contributed by atoms with Crippen LogP contribution in [-0.2, 0) is 10.0 Å². The van der Waals surface area contributed by atoms with Gasteiger partial charge in [-0.1, -0.05) is 23.7 Å². The molecule has 0 spiro atoms. The quantitative estimate of drug-likeness (QED) is 0.429. The zero-order chi connectivity index (χ0) is 23.1. The van der Waals surface area contributed by atoms with Crippen LogP contribution in [0.15, 0.2) is 46.1 Å². The third-order valence-electron chi connectivity index (χ3n) is 4.40. The lowest BCUT2D eigenvalue weighted by molar-refractivity contribution is 0.370. The summed E-state index contributed by atoms with van der Waals surface area (Å²) in [5, 5.41) is 27.1. The molecule has 1 heterocycles. The number of likely N-dealkylation sites (N-methyl/N-ethyl adjacent to an activating group) is 1. The molecule has 1 aromatic heterocycles. The first-order valence-corrected chi connectivity index (χ1v) is 10.9. The molecule has 0 radical (unpaired) electrons. The van der Waals surface area contributed by atoms with E-state index in [1.807, 2.05) is 0 Å². The summed E-state index contributed by atoms with van der Waals surface area (Å²) in [5.41, 5.74) is 4.61. The Hall–Kier alpha value is -2.86. The molecule has 0 amide bonds.